The molecule has 1 heterocycles. The Bertz CT molecular complexity index is 599. The molecule has 0 amide bonds. The summed E-state index contributed by atoms with van der Waals surface area (Å²) in [6.07, 6.45) is 2.65. The number of aromatic nitrogens is 1. The Labute approximate surface area is 104 Å². The first-order valence-electron chi connectivity index (χ1n) is 5.33. The van der Waals surface area contributed by atoms with Gasteiger partial charge in [0.05, 0.1) is 0 Å². The van der Waals surface area contributed by atoms with Crippen LogP contribution >= 0.6 is 11.6 Å². The van der Waals surface area contributed by atoms with E-state index in [4.69, 9.17) is 16.7 Å². The van der Waals surface area contributed by atoms with Crippen molar-refractivity contribution in [3.05, 3.63) is 41.1 Å². The van der Waals surface area contributed by atoms with Crippen molar-refractivity contribution in [3.8, 4) is 0 Å². The van der Waals surface area contributed by atoms with Crippen LogP contribution in [0.1, 0.15) is 12.5 Å². The Morgan fingerprint density at radius 3 is 2.82 bits per heavy atom. The SMILES string of the molecule is CCn1c(Cl)c(/C=C/C(=O)O)c2ccccc21. The molecule has 1 N–H and O–H groups in total. The number of para-hydroxylation sites is 1. The molecule has 2 rings (SSSR count). The van der Waals surface area contributed by atoms with E-state index in [1.54, 1.807) is 6.08 Å². The van der Waals surface area contributed by atoms with Gasteiger partial charge in [-0.25, -0.2) is 4.79 Å². The standard InChI is InChI=1S/C13H12ClNO2/c1-2-15-11-6-4-3-5-9(11)10(13(15)14)7-8-12(16)17/h3-8H,2H2,1H3,(H,16,17)/b8-7+. The van der Waals surface area contributed by atoms with Crippen LogP contribution in [-0.4, -0.2) is 15.6 Å². The summed E-state index contributed by atoms with van der Waals surface area (Å²) < 4.78 is 1.96. The van der Waals surface area contributed by atoms with Crippen LogP contribution in [-0.2, 0) is 11.3 Å². The van der Waals surface area contributed by atoms with Gasteiger partial charge in [0.2, 0.25) is 0 Å². The monoisotopic (exact) mass is 249 g/mol. The second kappa shape index (κ2) is 4.63. The number of hydrogen-bond acceptors (Lipinski definition) is 1. The van der Waals surface area contributed by atoms with E-state index in [0.717, 1.165) is 29.1 Å². The van der Waals surface area contributed by atoms with Crippen LogP contribution in [0.5, 0.6) is 0 Å². The molecule has 0 unspecified atom stereocenters. The summed E-state index contributed by atoms with van der Waals surface area (Å²) in [5.74, 6) is -0.977. The van der Waals surface area contributed by atoms with Crippen molar-refractivity contribution in [3.63, 3.8) is 0 Å². The molecule has 0 atom stereocenters. The molecule has 2 aromatic rings. The lowest BCUT2D eigenvalue weighted by atomic mass is 10.1. The highest BCUT2D eigenvalue weighted by atomic mass is 35.5. The summed E-state index contributed by atoms with van der Waals surface area (Å²) in [6, 6.07) is 7.77. The van der Waals surface area contributed by atoms with Crippen molar-refractivity contribution < 1.29 is 9.90 Å². The molecule has 0 spiro atoms. The van der Waals surface area contributed by atoms with Gasteiger partial charge in [-0.1, -0.05) is 29.8 Å². The van der Waals surface area contributed by atoms with Crippen LogP contribution in [0.4, 0.5) is 0 Å². The fourth-order valence-electron chi connectivity index (χ4n) is 1.92. The summed E-state index contributed by atoms with van der Waals surface area (Å²) in [5, 5.41) is 10.2. The first-order valence-corrected chi connectivity index (χ1v) is 5.70. The third-order valence-electron chi connectivity index (χ3n) is 2.65. The maximum absolute atomic E-state index is 10.6. The fourth-order valence-corrected chi connectivity index (χ4v) is 2.30. The smallest absolute Gasteiger partial charge is 0.328 e. The van der Waals surface area contributed by atoms with Crippen LogP contribution in [0, 0.1) is 0 Å². The molecule has 0 radical (unpaired) electrons. The third-order valence-corrected chi connectivity index (χ3v) is 3.06. The molecule has 4 heteroatoms. The van der Waals surface area contributed by atoms with Gasteiger partial charge in [0.15, 0.2) is 0 Å². The predicted octanol–water partition coefficient (Wildman–Crippen LogP) is 3.41. The van der Waals surface area contributed by atoms with E-state index in [1.807, 2.05) is 35.8 Å². The number of carboxylic acid groups (broad SMARTS) is 1. The van der Waals surface area contributed by atoms with E-state index in [1.165, 1.54) is 0 Å². The number of hydrogen-bond donors (Lipinski definition) is 1. The number of carboxylic acids is 1. The number of rotatable bonds is 3. The van der Waals surface area contributed by atoms with Crippen molar-refractivity contribution in [1.82, 2.24) is 4.57 Å². The van der Waals surface area contributed by atoms with Crippen molar-refractivity contribution in [2.24, 2.45) is 0 Å². The van der Waals surface area contributed by atoms with E-state index < -0.39 is 5.97 Å². The molecular formula is C13H12ClNO2. The Morgan fingerprint density at radius 2 is 2.18 bits per heavy atom. The molecule has 3 nitrogen and oxygen atoms in total. The fraction of sp³-hybridized carbons (Fsp3) is 0.154. The number of halogens is 1. The quantitative estimate of drug-likeness (QED) is 0.847. The minimum Gasteiger partial charge on any atom is -0.478 e. The summed E-state index contributed by atoms with van der Waals surface area (Å²) >= 11 is 6.25. The normalized spacial score (nSPS) is 11.4. The topological polar surface area (TPSA) is 42.2 Å². The lowest BCUT2D eigenvalue weighted by molar-refractivity contribution is -0.131. The maximum Gasteiger partial charge on any atom is 0.328 e. The Balaban J connectivity index is 2.70. The molecule has 88 valence electrons. The second-order valence-electron chi connectivity index (χ2n) is 3.64. The minimum absolute atomic E-state index is 0.575. The average molecular weight is 250 g/mol. The van der Waals surface area contributed by atoms with Crippen LogP contribution < -0.4 is 0 Å². The Hall–Kier alpha value is -1.74. The molecule has 1 aromatic carbocycles. The van der Waals surface area contributed by atoms with Crippen LogP contribution in [0.15, 0.2) is 30.3 Å². The third kappa shape index (κ3) is 2.06. The Morgan fingerprint density at radius 1 is 1.47 bits per heavy atom. The zero-order chi connectivity index (χ0) is 12.4. The molecule has 0 fully saturated rings. The van der Waals surface area contributed by atoms with Gasteiger partial charge < -0.3 is 9.67 Å². The van der Waals surface area contributed by atoms with Gasteiger partial charge in [0.25, 0.3) is 0 Å². The molecule has 0 aliphatic rings. The lowest BCUT2D eigenvalue weighted by Gasteiger charge is -2.01. The van der Waals surface area contributed by atoms with Crippen LogP contribution in [0.3, 0.4) is 0 Å². The minimum atomic E-state index is -0.977. The van der Waals surface area contributed by atoms with Gasteiger partial charge in [0, 0.05) is 29.1 Å². The van der Waals surface area contributed by atoms with Gasteiger partial charge in [-0.05, 0) is 19.1 Å². The van der Waals surface area contributed by atoms with Crippen molar-refractivity contribution in [2.75, 3.05) is 0 Å². The summed E-state index contributed by atoms with van der Waals surface area (Å²) in [6.45, 7) is 2.75. The molecule has 0 saturated carbocycles. The molecule has 0 aliphatic heterocycles. The molecular weight excluding hydrogens is 238 g/mol. The first kappa shape index (κ1) is 11.7. The van der Waals surface area contributed by atoms with Crippen molar-refractivity contribution >= 4 is 34.5 Å². The van der Waals surface area contributed by atoms with E-state index >= 15 is 0 Å². The zero-order valence-corrected chi connectivity index (χ0v) is 10.1. The van der Waals surface area contributed by atoms with E-state index in [-0.39, 0.29) is 0 Å². The predicted molar refractivity (Wildman–Crippen MR) is 69.3 cm³/mol. The Kier molecular flexibility index (Phi) is 3.20. The van der Waals surface area contributed by atoms with E-state index in [2.05, 4.69) is 0 Å². The van der Waals surface area contributed by atoms with Crippen molar-refractivity contribution in [1.29, 1.82) is 0 Å². The van der Waals surface area contributed by atoms with Gasteiger partial charge in [0.1, 0.15) is 5.15 Å². The highest BCUT2D eigenvalue weighted by Crippen LogP contribution is 2.30. The second-order valence-corrected chi connectivity index (χ2v) is 4.00. The zero-order valence-electron chi connectivity index (χ0n) is 9.35. The number of benzene rings is 1. The largest absolute Gasteiger partial charge is 0.478 e. The number of fused-ring (bicyclic) bond motifs is 1. The maximum atomic E-state index is 10.6. The average Bonchev–Trinajstić information content (AvgIpc) is 2.58. The lowest BCUT2D eigenvalue weighted by Crippen LogP contribution is -1.92. The number of aliphatic carboxylic acids is 1. The first-order chi connectivity index (χ1) is 8.15. The van der Waals surface area contributed by atoms with E-state index in [0.29, 0.717) is 5.15 Å². The number of aryl methyl sites for hydroxylation is 1. The number of nitrogens with zero attached hydrogens (tertiary/aromatic N) is 1. The van der Waals surface area contributed by atoms with E-state index in [9.17, 15) is 4.79 Å². The molecule has 0 bridgehead atoms. The van der Waals surface area contributed by atoms with Gasteiger partial charge in [-0.3, -0.25) is 0 Å². The highest BCUT2D eigenvalue weighted by molar-refractivity contribution is 6.33. The highest BCUT2D eigenvalue weighted by Gasteiger charge is 2.11. The van der Waals surface area contributed by atoms with Gasteiger partial charge in [-0.2, -0.15) is 0 Å². The summed E-state index contributed by atoms with van der Waals surface area (Å²) in [4.78, 5) is 10.6. The molecule has 0 aliphatic carbocycles. The molecule has 0 saturated heterocycles. The van der Waals surface area contributed by atoms with Gasteiger partial charge in [-0.15, -0.1) is 0 Å². The van der Waals surface area contributed by atoms with Crippen LogP contribution in [0.2, 0.25) is 5.15 Å². The van der Waals surface area contributed by atoms with Gasteiger partial charge >= 0.3 is 5.97 Å². The molecule has 1 aromatic heterocycles. The van der Waals surface area contributed by atoms with Crippen LogP contribution in [0.25, 0.3) is 17.0 Å². The van der Waals surface area contributed by atoms with Crippen molar-refractivity contribution in [2.45, 2.75) is 13.5 Å². The number of carbonyl (C=O) groups is 1. The summed E-state index contributed by atoms with van der Waals surface area (Å²) in [5.41, 5.74) is 1.77. The molecule has 17 heavy (non-hydrogen) atoms. The summed E-state index contributed by atoms with van der Waals surface area (Å²) in [7, 11) is 0.